The van der Waals surface area contributed by atoms with Crippen molar-refractivity contribution in [3.63, 3.8) is 0 Å². The lowest BCUT2D eigenvalue weighted by molar-refractivity contribution is 1.14. The highest BCUT2D eigenvalue weighted by Gasteiger charge is 1.92. The predicted octanol–water partition coefficient (Wildman–Crippen LogP) is 3.94. The first kappa shape index (κ1) is 11.8. The van der Waals surface area contributed by atoms with Crippen molar-refractivity contribution >= 4 is 12.6 Å². The molecule has 0 spiro atoms. The molecule has 2 aromatic rings. The Morgan fingerprint density at radius 3 is 2.29 bits per heavy atom. The highest BCUT2D eigenvalue weighted by molar-refractivity contribution is 7.80. The van der Waals surface area contributed by atoms with Gasteiger partial charge in [0.25, 0.3) is 0 Å². The van der Waals surface area contributed by atoms with E-state index in [0.717, 1.165) is 22.4 Å². The van der Waals surface area contributed by atoms with Gasteiger partial charge in [0.1, 0.15) is 0 Å². The zero-order valence-electron chi connectivity index (χ0n) is 9.77. The summed E-state index contributed by atoms with van der Waals surface area (Å²) in [6.07, 6.45) is 1.06. The molecule has 0 bridgehead atoms. The average molecular weight is 238 g/mol. The molecule has 1 heteroatoms. The van der Waals surface area contributed by atoms with Gasteiger partial charge in [-0.2, -0.15) is 0 Å². The molecule has 2 rings (SSSR count). The molecule has 0 unspecified atom stereocenters. The minimum atomic E-state index is 0.921. The van der Waals surface area contributed by atoms with E-state index in [1.807, 2.05) is 24.3 Å². The van der Waals surface area contributed by atoms with E-state index in [2.05, 4.69) is 55.7 Å². The maximum Gasteiger partial charge on any atom is 0.0382 e. The fraction of sp³-hybridized carbons (Fsp3) is 0.125. The van der Waals surface area contributed by atoms with Gasteiger partial charge in [-0.05, 0) is 36.2 Å². The van der Waals surface area contributed by atoms with Crippen LogP contribution in [0.3, 0.4) is 0 Å². The smallest absolute Gasteiger partial charge is 0.0382 e. The lowest BCUT2D eigenvalue weighted by Gasteiger charge is -1.96. The van der Waals surface area contributed by atoms with Crippen molar-refractivity contribution in [3.05, 3.63) is 65.2 Å². The highest BCUT2D eigenvalue weighted by atomic mass is 32.1. The van der Waals surface area contributed by atoms with E-state index < -0.39 is 0 Å². The van der Waals surface area contributed by atoms with Crippen LogP contribution in [0.2, 0.25) is 0 Å². The lowest BCUT2D eigenvalue weighted by Crippen LogP contribution is -1.81. The van der Waals surface area contributed by atoms with Gasteiger partial charge in [0.15, 0.2) is 0 Å². The van der Waals surface area contributed by atoms with Crippen LogP contribution >= 0.6 is 12.6 Å². The zero-order valence-corrected chi connectivity index (χ0v) is 10.7. The van der Waals surface area contributed by atoms with Crippen molar-refractivity contribution in [2.75, 3.05) is 0 Å². The second-order valence-corrected chi connectivity index (χ2v) is 4.30. The van der Waals surface area contributed by atoms with Crippen LogP contribution in [0.5, 0.6) is 0 Å². The largest absolute Gasteiger partial charge is 0.142 e. The van der Waals surface area contributed by atoms with E-state index in [1.54, 1.807) is 0 Å². The molecule has 0 fully saturated rings. The predicted molar refractivity (Wildman–Crippen MR) is 75.5 cm³/mol. The Hall–Kier alpha value is -1.65. The highest BCUT2D eigenvalue weighted by Crippen LogP contribution is 2.11. The quantitative estimate of drug-likeness (QED) is 0.564. The minimum Gasteiger partial charge on any atom is -0.142 e. The summed E-state index contributed by atoms with van der Waals surface area (Å²) in [5.74, 6) is 6.29. The Morgan fingerprint density at radius 1 is 0.941 bits per heavy atom. The number of hydrogen-bond acceptors (Lipinski definition) is 1. The van der Waals surface area contributed by atoms with Gasteiger partial charge in [-0.15, -0.1) is 12.6 Å². The molecule has 0 heterocycles. The van der Waals surface area contributed by atoms with Crippen molar-refractivity contribution < 1.29 is 0 Å². The molecular formula is C16H14S. The summed E-state index contributed by atoms with van der Waals surface area (Å²) in [4.78, 5) is 0.921. The van der Waals surface area contributed by atoms with E-state index in [1.165, 1.54) is 5.56 Å². The van der Waals surface area contributed by atoms with Gasteiger partial charge in [-0.3, -0.25) is 0 Å². The third kappa shape index (κ3) is 3.15. The molecule has 2 aromatic carbocycles. The third-order valence-electron chi connectivity index (χ3n) is 2.61. The number of thiol groups is 1. The van der Waals surface area contributed by atoms with Crippen molar-refractivity contribution in [2.24, 2.45) is 0 Å². The first-order valence-corrected chi connectivity index (χ1v) is 6.13. The maximum atomic E-state index is 4.37. The summed E-state index contributed by atoms with van der Waals surface area (Å²) in [7, 11) is 0. The molecule has 0 saturated heterocycles. The van der Waals surface area contributed by atoms with Gasteiger partial charge in [-0.25, -0.2) is 0 Å². The van der Waals surface area contributed by atoms with Gasteiger partial charge in [-0.1, -0.05) is 43.0 Å². The van der Waals surface area contributed by atoms with Crippen LogP contribution in [0.25, 0.3) is 0 Å². The summed E-state index contributed by atoms with van der Waals surface area (Å²) >= 11 is 4.37. The summed E-state index contributed by atoms with van der Waals surface area (Å²) in [5.41, 5.74) is 3.35. The molecule has 17 heavy (non-hydrogen) atoms. The minimum absolute atomic E-state index is 0.921. The normalized spacial score (nSPS) is 9.53. The standard InChI is InChI=1S/C16H14S/c1-2-13-7-9-14(10-8-13)11-12-15-5-3-4-6-16(15)17/h3-10,17H,2H2,1H3. The zero-order chi connectivity index (χ0) is 12.1. The van der Waals surface area contributed by atoms with Gasteiger partial charge < -0.3 is 0 Å². The third-order valence-corrected chi connectivity index (χ3v) is 3.00. The van der Waals surface area contributed by atoms with Crippen LogP contribution in [-0.2, 0) is 6.42 Å². The molecule has 0 aliphatic carbocycles. The van der Waals surface area contributed by atoms with Crippen LogP contribution in [0, 0.1) is 11.8 Å². The van der Waals surface area contributed by atoms with Crippen molar-refractivity contribution in [3.8, 4) is 11.8 Å². The van der Waals surface area contributed by atoms with E-state index >= 15 is 0 Å². The maximum absolute atomic E-state index is 4.37. The molecule has 0 saturated carbocycles. The van der Waals surface area contributed by atoms with E-state index in [4.69, 9.17) is 0 Å². The Bertz CT molecular complexity index is 556. The van der Waals surface area contributed by atoms with Crippen LogP contribution < -0.4 is 0 Å². The van der Waals surface area contributed by atoms with E-state index in [9.17, 15) is 0 Å². The molecular weight excluding hydrogens is 224 g/mol. The Labute approximate surface area is 108 Å². The summed E-state index contributed by atoms with van der Waals surface area (Å²) in [5, 5.41) is 0. The number of aryl methyl sites for hydroxylation is 1. The molecule has 0 nitrogen and oxygen atoms in total. The lowest BCUT2D eigenvalue weighted by atomic mass is 10.1. The van der Waals surface area contributed by atoms with Gasteiger partial charge in [0.2, 0.25) is 0 Å². The fourth-order valence-electron chi connectivity index (χ4n) is 1.54. The molecule has 0 aliphatic rings. The monoisotopic (exact) mass is 238 g/mol. The van der Waals surface area contributed by atoms with E-state index in [0.29, 0.717) is 0 Å². The number of benzene rings is 2. The summed E-state index contributed by atoms with van der Waals surface area (Å²) < 4.78 is 0. The van der Waals surface area contributed by atoms with Gasteiger partial charge in [0.05, 0.1) is 0 Å². The molecule has 0 aromatic heterocycles. The van der Waals surface area contributed by atoms with E-state index in [-0.39, 0.29) is 0 Å². The number of hydrogen-bond donors (Lipinski definition) is 1. The molecule has 0 radical (unpaired) electrons. The first-order valence-electron chi connectivity index (χ1n) is 5.68. The SMILES string of the molecule is CCc1ccc(C#Cc2ccccc2S)cc1. The van der Waals surface area contributed by atoms with Crippen LogP contribution in [-0.4, -0.2) is 0 Å². The Balaban J connectivity index is 2.24. The second-order valence-electron chi connectivity index (χ2n) is 3.82. The Kier molecular flexibility index (Phi) is 3.90. The summed E-state index contributed by atoms with van der Waals surface area (Å²) in [6.45, 7) is 2.15. The molecule has 0 aliphatic heterocycles. The second kappa shape index (κ2) is 5.61. The average Bonchev–Trinajstić information content (AvgIpc) is 2.38. The molecule has 84 valence electrons. The Morgan fingerprint density at radius 2 is 1.65 bits per heavy atom. The van der Waals surface area contributed by atoms with Crippen LogP contribution in [0.1, 0.15) is 23.6 Å². The van der Waals surface area contributed by atoms with Crippen molar-refractivity contribution in [1.82, 2.24) is 0 Å². The van der Waals surface area contributed by atoms with Crippen LogP contribution in [0.4, 0.5) is 0 Å². The van der Waals surface area contributed by atoms with Crippen molar-refractivity contribution in [2.45, 2.75) is 18.2 Å². The molecule has 0 atom stereocenters. The van der Waals surface area contributed by atoms with Gasteiger partial charge in [0, 0.05) is 16.0 Å². The summed E-state index contributed by atoms with van der Waals surface area (Å²) in [6, 6.07) is 16.2. The number of rotatable bonds is 1. The van der Waals surface area contributed by atoms with Crippen LogP contribution in [0.15, 0.2) is 53.4 Å². The first-order chi connectivity index (χ1) is 8.29. The topological polar surface area (TPSA) is 0 Å². The molecule has 0 N–H and O–H groups in total. The van der Waals surface area contributed by atoms with Gasteiger partial charge >= 0.3 is 0 Å². The van der Waals surface area contributed by atoms with Crippen molar-refractivity contribution in [1.29, 1.82) is 0 Å². The fourth-order valence-corrected chi connectivity index (χ4v) is 1.76. The molecule has 0 amide bonds.